The fraction of sp³-hybridized carbons (Fsp3) is 0.765. The van der Waals surface area contributed by atoms with Gasteiger partial charge in [-0.05, 0) is 54.5 Å². The number of thiophene rings is 1. The summed E-state index contributed by atoms with van der Waals surface area (Å²) in [6.07, 6.45) is 7.27. The van der Waals surface area contributed by atoms with Gasteiger partial charge in [0.25, 0.3) is 0 Å². The Balaban J connectivity index is 1.57. The summed E-state index contributed by atoms with van der Waals surface area (Å²) in [5, 5.41) is 12.5. The van der Waals surface area contributed by atoms with E-state index < -0.39 is 0 Å². The molecule has 3 rings (SSSR count). The van der Waals surface area contributed by atoms with Crippen LogP contribution in [0.4, 0.5) is 0 Å². The Labute approximate surface area is 126 Å². The first kappa shape index (κ1) is 14.6. The Bertz CT molecular complexity index is 430. The van der Waals surface area contributed by atoms with Crippen molar-refractivity contribution in [3.05, 3.63) is 21.9 Å². The fourth-order valence-electron chi connectivity index (χ4n) is 4.01. The minimum absolute atomic E-state index is 0.0630. The molecule has 0 aromatic carbocycles. The summed E-state index contributed by atoms with van der Waals surface area (Å²) in [5.41, 5.74) is 1.52. The maximum absolute atomic E-state index is 10.3. The molecule has 0 spiro atoms. The number of aliphatic hydroxyl groups is 1. The molecule has 3 atom stereocenters. The van der Waals surface area contributed by atoms with Crippen molar-refractivity contribution in [2.24, 2.45) is 11.8 Å². The smallest absolute Gasteiger partial charge is 0.0580 e. The average molecular weight is 293 g/mol. The minimum atomic E-state index is -0.0630. The van der Waals surface area contributed by atoms with Gasteiger partial charge in [0.1, 0.15) is 0 Å². The van der Waals surface area contributed by atoms with E-state index in [-0.39, 0.29) is 6.10 Å². The van der Waals surface area contributed by atoms with Gasteiger partial charge in [-0.25, -0.2) is 0 Å². The maximum atomic E-state index is 10.3. The molecule has 0 amide bonds. The fourth-order valence-corrected chi connectivity index (χ4v) is 4.90. The minimum Gasteiger partial charge on any atom is -0.393 e. The zero-order chi connectivity index (χ0) is 13.9. The summed E-state index contributed by atoms with van der Waals surface area (Å²) in [5.74, 6) is 1.36. The molecule has 1 fully saturated rings. The van der Waals surface area contributed by atoms with Gasteiger partial charge < -0.3 is 5.11 Å². The molecule has 1 aromatic heterocycles. The lowest BCUT2D eigenvalue weighted by molar-refractivity contribution is 0.0234. The van der Waals surface area contributed by atoms with Crippen LogP contribution in [0.25, 0.3) is 0 Å². The number of hydrogen-bond acceptors (Lipinski definition) is 3. The first-order valence-corrected chi connectivity index (χ1v) is 9.10. The Kier molecular flexibility index (Phi) is 4.79. The van der Waals surface area contributed by atoms with Gasteiger partial charge in [-0.3, -0.25) is 4.90 Å². The summed E-state index contributed by atoms with van der Waals surface area (Å²) < 4.78 is 0. The molecule has 0 bridgehead atoms. The maximum Gasteiger partial charge on any atom is 0.0580 e. The van der Waals surface area contributed by atoms with E-state index in [1.165, 1.54) is 44.2 Å². The molecule has 2 aliphatic rings. The lowest BCUT2D eigenvalue weighted by Crippen LogP contribution is -2.40. The number of rotatable bonds is 4. The van der Waals surface area contributed by atoms with Crippen LogP contribution < -0.4 is 0 Å². The molecule has 2 heterocycles. The van der Waals surface area contributed by atoms with Gasteiger partial charge in [0.2, 0.25) is 0 Å². The van der Waals surface area contributed by atoms with Crippen molar-refractivity contribution in [1.29, 1.82) is 0 Å². The van der Waals surface area contributed by atoms with E-state index in [9.17, 15) is 5.11 Å². The Morgan fingerprint density at radius 2 is 2.30 bits per heavy atom. The largest absolute Gasteiger partial charge is 0.393 e. The van der Waals surface area contributed by atoms with Gasteiger partial charge in [0, 0.05) is 24.5 Å². The summed E-state index contributed by atoms with van der Waals surface area (Å²) in [7, 11) is 0. The summed E-state index contributed by atoms with van der Waals surface area (Å²) in [6, 6.07) is 2.28. The van der Waals surface area contributed by atoms with Crippen molar-refractivity contribution < 1.29 is 5.11 Å². The van der Waals surface area contributed by atoms with Crippen LogP contribution in [-0.2, 0) is 13.0 Å². The monoisotopic (exact) mass is 293 g/mol. The van der Waals surface area contributed by atoms with Crippen molar-refractivity contribution in [3.63, 3.8) is 0 Å². The van der Waals surface area contributed by atoms with E-state index in [2.05, 4.69) is 23.3 Å². The van der Waals surface area contributed by atoms with E-state index in [1.807, 2.05) is 11.3 Å². The molecule has 2 nitrogen and oxygen atoms in total. The molecule has 20 heavy (non-hydrogen) atoms. The molecule has 3 unspecified atom stereocenters. The van der Waals surface area contributed by atoms with Crippen LogP contribution in [0.3, 0.4) is 0 Å². The highest BCUT2D eigenvalue weighted by molar-refractivity contribution is 7.10. The predicted octanol–water partition coefficient (Wildman–Crippen LogP) is 3.68. The zero-order valence-electron chi connectivity index (χ0n) is 12.6. The van der Waals surface area contributed by atoms with Gasteiger partial charge in [0.15, 0.2) is 0 Å². The predicted molar refractivity (Wildman–Crippen MR) is 85.0 cm³/mol. The van der Waals surface area contributed by atoms with Crippen molar-refractivity contribution in [1.82, 2.24) is 4.90 Å². The second kappa shape index (κ2) is 6.59. The molecule has 112 valence electrons. The van der Waals surface area contributed by atoms with E-state index in [0.29, 0.717) is 5.92 Å². The van der Waals surface area contributed by atoms with Gasteiger partial charge in [-0.2, -0.15) is 0 Å². The third-order valence-electron chi connectivity index (χ3n) is 5.13. The molecule has 1 saturated carbocycles. The zero-order valence-corrected chi connectivity index (χ0v) is 13.4. The SMILES string of the molecule is CCCC1CCC(O)C(CN2CCc3sccc3C2)C1. The molecule has 3 heteroatoms. The average Bonchev–Trinajstić information content (AvgIpc) is 2.90. The van der Waals surface area contributed by atoms with Crippen LogP contribution in [0.5, 0.6) is 0 Å². The molecule has 1 N–H and O–H groups in total. The first-order chi connectivity index (χ1) is 9.76. The number of fused-ring (bicyclic) bond motifs is 1. The van der Waals surface area contributed by atoms with Crippen LogP contribution in [0.2, 0.25) is 0 Å². The number of hydrogen-bond donors (Lipinski definition) is 1. The first-order valence-electron chi connectivity index (χ1n) is 8.22. The second-order valence-corrected chi connectivity index (χ2v) is 7.65. The quantitative estimate of drug-likeness (QED) is 0.915. The Morgan fingerprint density at radius 1 is 1.40 bits per heavy atom. The van der Waals surface area contributed by atoms with Crippen molar-refractivity contribution >= 4 is 11.3 Å². The van der Waals surface area contributed by atoms with Gasteiger partial charge >= 0.3 is 0 Å². The molecule has 1 aliphatic carbocycles. The molecule has 1 aromatic rings. The summed E-state index contributed by atoms with van der Waals surface area (Å²) in [6.45, 7) is 5.65. The Morgan fingerprint density at radius 3 is 3.15 bits per heavy atom. The van der Waals surface area contributed by atoms with Gasteiger partial charge in [-0.1, -0.05) is 19.8 Å². The highest BCUT2D eigenvalue weighted by atomic mass is 32.1. The van der Waals surface area contributed by atoms with E-state index >= 15 is 0 Å². The normalized spacial score (nSPS) is 31.2. The van der Waals surface area contributed by atoms with Crippen molar-refractivity contribution in [3.8, 4) is 0 Å². The van der Waals surface area contributed by atoms with Crippen LogP contribution >= 0.6 is 11.3 Å². The molecular weight excluding hydrogens is 266 g/mol. The van der Waals surface area contributed by atoms with E-state index in [0.717, 1.165) is 25.4 Å². The Hall–Kier alpha value is -0.380. The molecular formula is C17H27NOS. The lowest BCUT2D eigenvalue weighted by Gasteiger charge is -2.37. The highest BCUT2D eigenvalue weighted by Crippen LogP contribution is 2.34. The van der Waals surface area contributed by atoms with E-state index in [4.69, 9.17) is 0 Å². The number of aliphatic hydroxyl groups excluding tert-OH is 1. The van der Waals surface area contributed by atoms with E-state index in [1.54, 1.807) is 4.88 Å². The van der Waals surface area contributed by atoms with Crippen LogP contribution in [0.15, 0.2) is 11.4 Å². The molecule has 1 aliphatic heterocycles. The molecule has 0 radical (unpaired) electrons. The van der Waals surface area contributed by atoms with Crippen LogP contribution in [0, 0.1) is 11.8 Å². The highest BCUT2D eigenvalue weighted by Gasteiger charge is 2.31. The third-order valence-corrected chi connectivity index (χ3v) is 6.15. The van der Waals surface area contributed by atoms with Crippen LogP contribution in [-0.4, -0.2) is 29.2 Å². The van der Waals surface area contributed by atoms with Gasteiger partial charge in [-0.15, -0.1) is 11.3 Å². The van der Waals surface area contributed by atoms with Gasteiger partial charge in [0.05, 0.1) is 6.10 Å². The standard InChI is InChI=1S/C17H27NOS/c1-2-3-13-4-5-16(19)15(10-13)12-18-8-6-17-14(11-18)7-9-20-17/h7,9,13,15-16,19H,2-6,8,10-12H2,1H3. The molecule has 0 saturated heterocycles. The third kappa shape index (κ3) is 3.26. The van der Waals surface area contributed by atoms with Crippen molar-refractivity contribution in [2.75, 3.05) is 13.1 Å². The summed E-state index contributed by atoms with van der Waals surface area (Å²) in [4.78, 5) is 4.14. The topological polar surface area (TPSA) is 23.5 Å². The van der Waals surface area contributed by atoms with Crippen LogP contribution in [0.1, 0.15) is 49.5 Å². The second-order valence-electron chi connectivity index (χ2n) is 6.65. The summed E-state index contributed by atoms with van der Waals surface area (Å²) >= 11 is 1.90. The number of nitrogens with zero attached hydrogens (tertiary/aromatic N) is 1. The lowest BCUT2D eigenvalue weighted by atomic mass is 9.77. The van der Waals surface area contributed by atoms with Crippen molar-refractivity contribution in [2.45, 2.75) is 58.1 Å².